The number of benzene rings is 2. The van der Waals surface area contributed by atoms with Crippen molar-refractivity contribution in [2.75, 3.05) is 16.8 Å². The Balaban J connectivity index is 1.59. The third-order valence-corrected chi connectivity index (χ3v) is 4.59. The molecule has 1 amide bonds. The van der Waals surface area contributed by atoms with Crippen LogP contribution in [0.25, 0.3) is 22.6 Å². The van der Waals surface area contributed by atoms with Gasteiger partial charge in [-0.25, -0.2) is 14.9 Å². The molecule has 4 aromatic rings. The molecular formula is C24H20N6O2. The third-order valence-electron chi connectivity index (χ3n) is 4.59. The SMILES string of the molecule is Cc1cc(C)nc(N(C#N)CC(=O)Nc2nc(-c3ccccc3)c(-c3ccccc3)o2)n1. The van der Waals surface area contributed by atoms with Crippen LogP contribution < -0.4 is 10.2 Å². The van der Waals surface area contributed by atoms with E-state index in [1.165, 1.54) is 0 Å². The zero-order chi connectivity index (χ0) is 22.5. The first kappa shape index (κ1) is 20.8. The summed E-state index contributed by atoms with van der Waals surface area (Å²) in [5.41, 5.74) is 3.73. The number of carbonyl (C=O) groups is 1. The van der Waals surface area contributed by atoms with Crippen molar-refractivity contribution in [1.82, 2.24) is 15.0 Å². The summed E-state index contributed by atoms with van der Waals surface area (Å²) >= 11 is 0. The number of nitrogens with one attached hydrogen (secondary N) is 1. The second-order valence-electron chi connectivity index (χ2n) is 7.11. The van der Waals surface area contributed by atoms with Crippen molar-refractivity contribution in [2.24, 2.45) is 0 Å². The second-order valence-corrected chi connectivity index (χ2v) is 7.11. The zero-order valence-corrected chi connectivity index (χ0v) is 17.6. The summed E-state index contributed by atoms with van der Waals surface area (Å²) in [5, 5.41) is 12.1. The summed E-state index contributed by atoms with van der Waals surface area (Å²) in [6, 6.07) is 21.0. The fourth-order valence-corrected chi connectivity index (χ4v) is 3.23. The minimum absolute atomic E-state index is 0.0481. The largest absolute Gasteiger partial charge is 0.423 e. The van der Waals surface area contributed by atoms with E-state index in [4.69, 9.17) is 4.42 Å². The molecule has 0 spiro atoms. The molecule has 2 aromatic carbocycles. The van der Waals surface area contributed by atoms with E-state index in [0.717, 1.165) is 16.0 Å². The predicted molar refractivity (Wildman–Crippen MR) is 120 cm³/mol. The van der Waals surface area contributed by atoms with Gasteiger partial charge in [0.2, 0.25) is 11.9 Å². The van der Waals surface area contributed by atoms with E-state index in [2.05, 4.69) is 20.3 Å². The van der Waals surface area contributed by atoms with Crippen molar-refractivity contribution < 1.29 is 9.21 Å². The van der Waals surface area contributed by atoms with Gasteiger partial charge in [-0.1, -0.05) is 60.7 Å². The Morgan fingerprint density at radius 3 is 2.16 bits per heavy atom. The van der Waals surface area contributed by atoms with E-state index in [1.54, 1.807) is 19.9 Å². The highest BCUT2D eigenvalue weighted by Crippen LogP contribution is 2.34. The number of amides is 1. The summed E-state index contributed by atoms with van der Waals surface area (Å²) in [6.45, 7) is 3.33. The van der Waals surface area contributed by atoms with Crippen LogP contribution in [0.4, 0.5) is 12.0 Å². The topological polar surface area (TPSA) is 108 Å². The van der Waals surface area contributed by atoms with Crippen LogP contribution in [-0.4, -0.2) is 27.4 Å². The lowest BCUT2D eigenvalue weighted by Gasteiger charge is -2.13. The number of anilines is 2. The van der Waals surface area contributed by atoms with Gasteiger partial charge in [0.15, 0.2) is 12.0 Å². The Kier molecular flexibility index (Phi) is 5.90. The number of nitriles is 1. The second kappa shape index (κ2) is 9.10. The predicted octanol–water partition coefficient (Wildman–Crippen LogP) is 4.34. The van der Waals surface area contributed by atoms with E-state index in [9.17, 15) is 10.1 Å². The fraction of sp³-hybridized carbons (Fsp3) is 0.125. The van der Waals surface area contributed by atoms with E-state index in [-0.39, 0.29) is 18.5 Å². The molecule has 0 saturated carbocycles. The molecule has 0 aliphatic rings. The van der Waals surface area contributed by atoms with Crippen molar-refractivity contribution in [3.05, 3.63) is 78.1 Å². The molecular weight excluding hydrogens is 404 g/mol. The van der Waals surface area contributed by atoms with Crippen LogP contribution in [-0.2, 0) is 4.79 Å². The van der Waals surface area contributed by atoms with Crippen molar-refractivity contribution in [3.63, 3.8) is 0 Å². The van der Waals surface area contributed by atoms with Gasteiger partial charge >= 0.3 is 6.01 Å². The zero-order valence-electron chi connectivity index (χ0n) is 17.6. The van der Waals surface area contributed by atoms with Crippen molar-refractivity contribution in [2.45, 2.75) is 13.8 Å². The number of aromatic nitrogens is 3. The van der Waals surface area contributed by atoms with E-state index >= 15 is 0 Å². The molecule has 0 unspecified atom stereocenters. The standard InChI is InChI=1S/C24H20N6O2/c1-16-13-17(2)27-23(26-16)30(15-25)14-20(31)28-24-29-21(18-9-5-3-6-10-18)22(32-24)19-11-7-4-8-12-19/h3-13H,14H2,1-2H3,(H,28,29,31). The summed E-state index contributed by atoms with van der Waals surface area (Å²) in [4.78, 5) is 26.8. The van der Waals surface area contributed by atoms with Crippen LogP contribution in [0.3, 0.4) is 0 Å². The average Bonchev–Trinajstić information content (AvgIpc) is 3.21. The molecule has 8 nitrogen and oxygen atoms in total. The summed E-state index contributed by atoms with van der Waals surface area (Å²) in [6.07, 6.45) is 1.95. The van der Waals surface area contributed by atoms with Gasteiger partial charge in [-0.3, -0.25) is 10.1 Å². The van der Waals surface area contributed by atoms with Gasteiger partial charge < -0.3 is 4.42 Å². The van der Waals surface area contributed by atoms with Gasteiger partial charge in [0.1, 0.15) is 12.2 Å². The highest BCUT2D eigenvalue weighted by atomic mass is 16.4. The molecule has 0 atom stereocenters. The normalized spacial score (nSPS) is 10.4. The maximum Gasteiger partial charge on any atom is 0.302 e. The van der Waals surface area contributed by atoms with Crippen LogP contribution >= 0.6 is 0 Å². The van der Waals surface area contributed by atoms with Gasteiger partial charge in [-0.05, 0) is 19.9 Å². The van der Waals surface area contributed by atoms with Crippen LogP contribution in [0, 0.1) is 25.3 Å². The van der Waals surface area contributed by atoms with Gasteiger partial charge in [-0.15, -0.1) is 0 Å². The lowest BCUT2D eigenvalue weighted by Crippen LogP contribution is -2.31. The number of carbonyl (C=O) groups excluding carboxylic acids is 1. The number of oxazole rings is 1. The van der Waals surface area contributed by atoms with E-state index in [1.807, 2.05) is 66.9 Å². The summed E-state index contributed by atoms with van der Waals surface area (Å²) in [7, 11) is 0. The van der Waals surface area contributed by atoms with Crippen molar-refractivity contribution >= 4 is 17.9 Å². The fourth-order valence-electron chi connectivity index (χ4n) is 3.23. The van der Waals surface area contributed by atoms with E-state index in [0.29, 0.717) is 22.8 Å². The van der Waals surface area contributed by atoms with Gasteiger partial charge in [0.25, 0.3) is 0 Å². The van der Waals surface area contributed by atoms with Crippen LogP contribution in [0.5, 0.6) is 0 Å². The average molecular weight is 424 g/mol. The minimum Gasteiger partial charge on any atom is -0.423 e. The highest BCUT2D eigenvalue weighted by Gasteiger charge is 2.20. The molecule has 2 heterocycles. The molecule has 0 aliphatic carbocycles. The van der Waals surface area contributed by atoms with E-state index < -0.39 is 5.91 Å². The Bertz CT molecular complexity index is 1200. The molecule has 0 fully saturated rings. The van der Waals surface area contributed by atoms with Gasteiger partial charge in [-0.2, -0.15) is 10.2 Å². The Labute approximate surface area is 185 Å². The molecule has 0 bridgehead atoms. The molecule has 0 saturated heterocycles. The third kappa shape index (κ3) is 4.63. The number of rotatable bonds is 6. The molecule has 8 heteroatoms. The Hall–Kier alpha value is -4.51. The molecule has 1 N–H and O–H groups in total. The van der Waals surface area contributed by atoms with Crippen molar-refractivity contribution in [1.29, 1.82) is 5.26 Å². The summed E-state index contributed by atoms with van der Waals surface area (Å²) in [5.74, 6) is 0.235. The number of hydrogen-bond acceptors (Lipinski definition) is 7. The molecule has 0 radical (unpaired) electrons. The molecule has 158 valence electrons. The quantitative estimate of drug-likeness (QED) is 0.362. The number of aryl methyl sites for hydroxylation is 2. The molecule has 2 aromatic heterocycles. The van der Waals surface area contributed by atoms with Crippen LogP contribution in [0.15, 0.2) is 71.1 Å². The molecule has 32 heavy (non-hydrogen) atoms. The smallest absolute Gasteiger partial charge is 0.302 e. The maximum atomic E-state index is 12.7. The number of hydrogen-bond donors (Lipinski definition) is 1. The van der Waals surface area contributed by atoms with Crippen LogP contribution in [0.2, 0.25) is 0 Å². The minimum atomic E-state index is -0.477. The maximum absolute atomic E-state index is 12.7. The van der Waals surface area contributed by atoms with Gasteiger partial charge in [0.05, 0.1) is 0 Å². The molecule has 4 rings (SSSR count). The van der Waals surface area contributed by atoms with Crippen molar-refractivity contribution in [3.8, 4) is 28.8 Å². The lowest BCUT2D eigenvalue weighted by molar-refractivity contribution is -0.115. The first-order valence-corrected chi connectivity index (χ1v) is 9.94. The first-order valence-electron chi connectivity index (χ1n) is 9.94. The Morgan fingerprint density at radius 2 is 1.56 bits per heavy atom. The summed E-state index contributed by atoms with van der Waals surface area (Å²) < 4.78 is 5.91. The number of nitrogens with zero attached hydrogens (tertiary/aromatic N) is 5. The molecule has 0 aliphatic heterocycles. The lowest BCUT2D eigenvalue weighted by atomic mass is 10.1. The van der Waals surface area contributed by atoms with Crippen LogP contribution in [0.1, 0.15) is 11.4 Å². The van der Waals surface area contributed by atoms with Gasteiger partial charge in [0, 0.05) is 22.5 Å². The Morgan fingerprint density at radius 1 is 0.969 bits per heavy atom. The first-order chi connectivity index (χ1) is 15.5. The monoisotopic (exact) mass is 424 g/mol. The highest BCUT2D eigenvalue weighted by molar-refractivity contribution is 5.93.